The van der Waals surface area contributed by atoms with Crippen LogP contribution in [0.25, 0.3) is 0 Å². The van der Waals surface area contributed by atoms with Crippen LogP contribution in [0.3, 0.4) is 0 Å². The second-order valence-corrected chi connectivity index (χ2v) is 6.34. The average Bonchev–Trinajstić information content (AvgIpc) is 3.14. The van der Waals surface area contributed by atoms with Gasteiger partial charge in [0.1, 0.15) is 5.76 Å². The monoisotopic (exact) mass is 311 g/mol. The molecule has 1 aromatic carbocycles. The summed E-state index contributed by atoms with van der Waals surface area (Å²) in [6.07, 6.45) is 6.30. The molecule has 0 atom stereocenters. The van der Waals surface area contributed by atoms with Gasteiger partial charge in [0.25, 0.3) is 0 Å². The van der Waals surface area contributed by atoms with Crippen LogP contribution >= 0.6 is 0 Å². The zero-order chi connectivity index (χ0) is 16.0. The van der Waals surface area contributed by atoms with Gasteiger partial charge >= 0.3 is 0 Å². The van der Waals surface area contributed by atoms with Crippen molar-refractivity contribution in [2.45, 2.75) is 25.7 Å². The molecule has 0 aliphatic heterocycles. The highest BCUT2D eigenvalue weighted by atomic mass is 16.3. The summed E-state index contributed by atoms with van der Waals surface area (Å²) < 4.78 is 5.34. The molecule has 1 fully saturated rings. The highest BCUT2D eigenvalue weighted by Crippen LogP contribution is 2.47. The molecule has 4 heteroatoms. The number of hydrogen-bond donors (Lipinski definition) is 2. The largest absolute Gasteiger partial charge is 0.469 e. The second-order valence-electron chi connectivity index (χ2n) is 6.34. The van der Waals surface area contributed by atoms with Gasteiger partial charge in [-0.05, 0) is 42.4 Å². The Morgan fingerprint density at radius 2 is 1.96 bits per heavy atom. The van der Waals surface area contributed by atoms with Crippen LogP contribution in [0.4, 0.5) is 0 Å². The molecule has 2 N–H and O–H groups in total. The van der Waals surface area contributed by atoms with E-state index in [0.29, 0.717) is 5.41 Å². The van der Waals surface area contributed by atoms with Crippen molar-refractivity contribution in [3.63, 3.8) is 0 Å². The summed E-state index contributed by atoms with van der Waals surface area (Å²) in [4.78, 5) is 4.31. The molecule has 122 valence electrons. The molecule has 4 nitrogen and oxygen atoms in total. The standard InChI is InChI=1S/C19H25N3O/c1-20-18(21-12-9-17-8-5-13-23-17)22-15-19(10-11-19)14-16-6-3-2-4-7-16/h2-8,13H,9-12,14-15H2,1H3,(H2,20,21,22). The average molecular weight is 311 g/mol. The van der Waals surface area contributed by atoms with Gasteiger partial charge in [-0.1, -0.05) is 30.3 Å². The minimum atomic E-state index is 0.403. The Balaban J connectivity index is 1.43. The third kappa shape index (κ3) is 4.62. The van der Waals surface area contributed by atoms with Crippen molar-refractivity contribution in [1.82, 2.24) is 10.6 Å². The summed E-state index contributed by atoms with van der Waals surface area (Å²) in [7, 11) is 1.82. The van der Waals surface area contributed by atoms with Gasteiger partial charge in [0.15, 0.2) is 5.96 Å². The molecule has 1 aliphatic rings. The Hall–Kier alpha value is -2.23. The number of benzene rings is 1. The fourth-order valence-corrected chi connectivity index (χ4v) is 2.87. The zero-order valence-electron chi connectivity index (χ0n) is 13.7. The molecule has 0 saturated heterocycles. The molecule has 1 aliphatic carbocycles. The van der Waals surface area contributed by atoms with E-state index in [2.05, 4.69) is 46.0 Å². The molecule has 1 heterocycles. The van der Waals surface area contributed by atoms with Crippen LogP contribution < -0.4 is 10.6 Å². The molecule has 0 bridgehead atoms. The summed E-state index contributed by atoms with van der Waals surface area (Å²) in [5.41, 5.74) is 1.83. The predicted octanol–water partition coefficient (Wildman–Crippen LogP) is 3.01. The van der Waals surface area contributed by atoms with E-state index in [4.69, 9.17) is 4.42 Å². The Morgan fingerprint density at radius 1 is 1.13 bits per heavy atom. The quantitative estimate of drug-likeness (QED) is 0.610. The minimum Gasteiger partial charge on any atom is -0.469 e. The van der Waals surface area contributed by atoms with Crippen LogP contribution in [0.5, 0.6) is 0 Å². The van der Waals surface area contributed by atoms with Gasteiger partial charge in [0.2, 0.25) is 0 Å². The molecular formula is C19H25N3O. The highest BCUT2D eigenvalue weighted by molar-refractivity contribution is 5.79. The third-order valence-corrected chi connectivity index (χ3v) is 4.48. The Kier molecular flexibility index (Phi) is 5.01. The van der Waals surface area contributed by atoms with Crippen LogP contribution in [-0.2, 0) is 12.8 Å². The number of rotatable bonds is 7. The van der Waals surface area contributed by atoms with E-state index in [1.54, 1.807) is 6.26 Å². The molecule has 0 amide bonds. The smallest absolute Gasteiger partial charge is 0.191 e. The lowest BCUT2D eigenvalue weighted by Gasteiger charge is -2.18. The van der Waals surface area contributed by atoms with Crippen molar-refractivity contribution in [3.8, 4) is 0 Å². The fraction of sp³-hybridized carbons (Fsp3) is 0.421. The van der Waals surface area contributed by atoms with E-state index in [1.807, 2.05) is 19.2 Å². The topological polar surface area (TPSA) is 49.6 Å². The van der Waals surface area contributed by atoms with Crippen molar-refractivity contribution < 1.29 is 4.42 Å². The van der Waals surface area contributed by atoms with E-state index >= 15 is 0 Å². The number of nitrogens with one attached hydrogen (secondary N) is 2. The molecule has 3 rings (SSSR count). The normalized spacial score (nSPS) is 16.1. The number of furan rings is 1. The summed E-state index contributed by atoms with van der Waals surface area (Å²) >= 11 is 0. The molecule has 1 aromatic heterocycles. The maximum Gasteiger partial charge on any atom is 0.191 e. The highest BCUT2D eigenvalue weighted by Gasteiger charge is 2.42. The van der Waals surface area contributed by atoms with E-state index in [-0.39, 0.29) is 0 Å². The maximum atomic E-state index is 5.34. The SMILES string of the molecule is CN=C(NCCc1ccco1)NCC1(Cc2ccccc2)CC1. The van der Waals surface area contributed by atoms with Gasteiger partial charge < -0.3 is 15.1 Å². The second kappa shape index (κ2) is 7.36. The first-order chi connectivity index (χ1) is 11.3. The predicted molar refractivity (Wildman–Crippen MR) is 93.6 cm³/mol. The Labute approximate surface area is 138 Å². The van der Waals surface area contributed by atoms with Crippen molar-refractivity contribution in [2.24, 2.45) is 10.4 Å². The first kappa shape index (κ1) is 15.7. The summed E-state index contributed by atoms with van der Waals surface area (Å²) in [5, 5.41) is 6.83. The maximum absolute atomic E-state index is 5.34. The molecule has 0 spiro atoms. The van der Waals surface area contributed by atoms with Gasteiger partial charge in [0.05, 0.1) is 6.26 Å². The molecule has 23 heavy (non-hydrogen) atoms. The van der Waals surface area contributed by atoms with Crippen LogP contribution in [0.1, 0.15) is 24.2 Å². The summed E-state index contributed by atoms with van der Waals surface area (Å²) in [5.74, 6) is 1.87. The number of aliphatic imine (C=N–C) groups is 1. The number of hydrogen-bond acceptors (Lipinski definition) is 2. The van der Waals surface area contributed by atoms with Gasteiger partial charge in [0, 0.05) is 26.6 Å². The van der Waals surface area contributed by atoms with Crippen molar-refractivity contribution in [3.05, 3.63) is 60.1 Å². The van der Waals surface area contributed by atoms with Crippen molar-refractivity contribution in [1.29, 1.82) is 0 Å². The summed E-state index contributed by atoms with van der Waals surface area (Å²) in [6.45, 7) is 1.79. The van der Waals surface area contributed by atoms with Gasteiger partial charge in [-0.25, -0.2) is 0 Å². The van der Waals surface area contributed by atoms with Gasteiger partial charge in [-0.3, -0.25) is 4.99 Å². The lowest BCUT2D eigenvalue weighted by Crippen LogP contribution is -2.41. The van der Waals surface area contributed by atoms with Crippen LogP contribution in [0.2, 0.25) is 0 Å². The molecule has 0 unspecified atom stereocenters. The number of nitrogens with zero attached hydrogens (tertiary/aromatic N) is 1. The number of guanidine groups is 1. The van der Waals surface area contributed by atoms with E-state index in [9.17, 15) is 0 Å². The van der Waals surface area contributed by atoms with Crippen LogP contribution in [0, 0.1) is 5.41 Å². The molecule has 0 radical (unpaired) electrons. The first-order valence-electron chi connectivity index (χ1n) is 8.31. The van der Waals surface area contributed by atoms with Crippen LogP contribution in [0.15, 0.2) is 58.1 Å². The molecule has 2 aromatic rings. The zero-order valence-corrected chi connectivity index (χ0v) is 13.7. The minimum absolute atomic E-state index is 0.403. The summed E-state index contributed by atoms with van der Waals surface area (Å²) in [6, 6.07) is 14.7. The third-order valence-electron chi connectivity index (χ3n) is 4.48. The van der Waals surface area contributed by atoms with E-state index < -0.39 is 0 Å². The van der Waals surface area contributed by atoms with Gasteiger partial charge in [-0.15, -0.1) is 0 Å². The molecular weight excluding hydrogens is 286 g/mol. The Morgan fingerprint density at radius 3 is 2.61 bits per heavy atom. The van der Waals surface area contributed by atoms with Crippen molar-refractivity contribution >= 4 is 5.96 Å². The van der Waals surface area contributed by atoms with E-state index in [0.717, 1.165) is 37.7 Å². The fourth-order valence-electron chi connectivity index (χ4n) is 2.87. The van der Waals surface area contributed by atoms with Crippen LogP contribution in [-0.4, -0.2) is 26.1 Å². The van der Waals surface area contributed by atoms with Gasteiger partial charge in [-0.2, -0.15) is 0 Å². The van der Waals surface area contributed by atoms with Crippen molar-refractivity contribution in [2.75, 3.05) is 20.1 Å². The van der Waals surface area contributed by atoms with E-state index in [1.165, 1.54) is 18.4 Å². The Bertz CT molecular complexity index is 615. The lowest BCUT2D eigenvalue weighted by atomic mass is 9.96. The lowest BCUT2D eigenvalue weighted by molar-refractivity contribution is 0.489. The molecule has 1 saturated carbocycles. The first-order valence-corrected chi connectivity index (χ1v) is 8.31.